The van der Waals surface area contributed by atoms with Gasteiger partial charge in [-0.2, -0.15) is 0 Å². The van der Waals surface area contributed by atoms with Gasteiger partial charge in [-0.05, 0) is 71.3 Å². The van der Waals surface area contributed by atoms with Crippen LogP contribution in [-0.4, -0.2) is 19.5 Å². The second-order valence-corrected chi connectivity index (χ2v) is 9.07. The Bertz CT molecular complexity index is 1760. The first kappa shape index (κ1) is 21.2. The van der Waals surface area contributed by atoms with Gasteiger partial charge in [0.2, 0.25) is 0 Å². The Kier molecular flexibility index (Phi) is 5.07. The number of aromatic nitrogens is 4. The van der Waals surface area contributed by atoms with Crippen LogP contribution in [0.4, 0.5) is 0 Å². The summed E-state index contributed by atoms with van der Waals surface area (Å²) in [7, 11) is 0. The van der Waals surface area contributed by atoms with Crippen molar-refractivity contribution in [1.29, 1.82) is 0 Å². The van der Waals surface area contributed by atoms with E-state index in [1.165, 1.54) is 10.8 Å². The van der Waals surface area contributed by atoms with Crippen molar-refractivity contribution in [1.82, 2.24) is 19.5 Å². The van der Waals surface area contributed by atoms with Gasteiger partial charge in [-0.15, -0.1) is 0 Å². The van der Waals surface area contributed by atoms with Gasteiger partial charge in [0, 0.05) is 70.3 Å². The molecule has 0 unspecified atom stereocenters. The molecule has 4 heteroatoms. The molecule has 7 rings (SSSR count). The second-order valence-electron chi connectivity index (χ2n) is 9.07. The third kappa shape index (κ3) is 3.76. The standard InChI is InChI=1S/C33H22N4/c1-5-23(26-6-2-14-34-20-26)17-29(9-1)37-32-12-10-24(27-7-3-15-35-21-27)18-30(32)31-19-25(11-13-33(31)37)28-8-4-16-36-22-28/h1-22H. The fraction of sp³-hybridized carbons (Fsp3) is 0. The van der Waals surface area contributed by atoms with Crippen molar-refractivity contribution in [2.45, 2.75) is 0 Å². The van der Waals surface area contributed by atoms with Crippen molar-refractivity contribution < 1.29 is 0 Å². The molecular weight excluding hydrogens is 452 g/mol. The van der Waals surface area contributed by atoms with Crippen LogP contribution in [0.5, 0.6) is 0 Å². The maximum Gasteiger partial charge on any atom is 0.0541 e. The molecule has 0 aliphatic rings. The average molecular weight is 475 g/mol. The van der Waals surface area contributed by atoms with E-state index in [-0.39, 0.29) is 0 Å². The topological polar surface area (TPSA) is 43.6 Å². The largest absolute Gasteiger partial charge is 0.309 e. The van der Waals surface area contributed by atoms with Crippen molar-refractivity contribution in [3.05, 3.63) is 134 Å². The maximum atomic E-state index is 4.33. The van der Waals surface area contributed by atoms with E-state index < -0.39 is 0 Å². The van der Waals surface area contributed by atoms with Crippen LogP contribution in [0.1, 0.15) is 0 Å². The number of hydrogen-bond acceptors (Lipinski definition) is 3. The molecule has 0 N–H and O–H groups in total. The van der Waals surface area contributed by atoms with E-state index in [9.17, 15) is 0 Å². The highest BCUT2D eigenvalue weighted by Gasteiger charge is 2.15. The smallest absolute Gasteiger partial charge is 0.0541 e. The first-order valence-electron chi connectivity index (χ1n) is 12.2. The molecule has 0 atom stereocenters. The molecule has 4 heterocycles. The van der Waals surface area contributed by atoms with E-state index in [0.717, 1.165) is 50.1 Å². The normalized spacial score (nSPS) is 11.2. The highest BCUT2D eigenvalue weighted by atomic mass is 15.0. The summed E-state index contributed by atoms with van der Waals surface area (Å²) in [5.41, 5.74) is 10.2. The Hall–Kier alpha value is -5.09. The van der Waals surface area contributed by atoms with Crippen molar-refractivity contribution in [3.63, 3.8) is 0 Å². The van der Waals surface area contributed by atoms with Crippen LogP contribution in [0.15, 0.2) is 134 Å². The summed E-state index contributed by atoms with van der Waals surface area (Å²) >= 11 is 0. The third-order valence-electron chi connectivity index (χ3n) is 6.85. The Labute approximate surface area is 214 Å². The third-order valence-corrected chi connectivity index (χ3v) is 6.85. The summed E-state index contributed by atoms with van der Waals surface area (Å²) in [6.45, 7) is 0. The highest BCUT2D eigenvalue weighted by molar-refractivity contribution is 6.11. The number of fused-ring (bicyclic) bond motifs is 3. The minimum Gasteiger partial charge on any atom is -0.309 e. The van der Waals surface area contributed by atoms with Crippen LogP contribution < -0.4 is 0 Å². The Morgan fingerprint density at radius 3 is 1.32 bits per heavy atom. The van der Waals surface area contributed by atoms with Crippen LogP contribution in [-0.2, 0) is 0 Å². The first-order chi connectivity index (χ1) is 18.3. The minimum atomic E-state index is 1.10. The molecule has 4 nitrogen and oxygen atoms in total. The van der Waals surface area contributed by atoms with Gasteiger partial charge in [0.05, 0.1) is 11.0 Å². The highest BCUT2D eigenvalue weighted by Crippen LogP contribution is 2.37. The number of pyridine rings is 3. The van der Waals surface area contributed by atoms with E-state index in [1.807, 2.05) is 49.2 Å². The van der Waals surface area contributed by atoms with Crippen LogP contribution in [0.3, 0.4) is 0 Å². The molecule has 0 radical (unpaired) electrons. The molecule has 0 fully saturated rings. The molecule has 0 saturated carbocycles. The quantitative estimate of drug-likeness (QED) is 0.260. The lowest BCUT2D eigenvalue weighted by Gasteiger charge is -2.11. The minimum absolute atomic E-state index is 1.10. The fourth-order valence-electron chi connectivity index (χ4n) is 5.09. The molecule has 174 valence electrons. The van der Waals surface area contributed by atoms with Gasteiger partial charge < -0.3 is 4.57 Å². The van der Waals surface area contributed by atoms with Crippen molar-refractivity contribution in [3.8, 4) is 39.1 Å². The summed E-state index contributed by atoms with van der Waals surface area (Å²) < 4.78 is 2.35. The monoisotopic (exact) mass is 474 g/mol. The number of nitrogens with zero attached hydrogens (tertiary/aromatic N) is 4. The number of rotatable bonds is 4. The average Bonchev–Trinajstić information content (AvgIpc) is 3.31. The van der Waals surface area contributed by atoms with E-state index in [1.54, 1.807) is 6.20 Å². The molecular formula is C33H22N4. The molecule has 3 aromatic carbocycles. The van der Waals surface area contributed by atoms with E-state index in [2.05, 4.69) is 98.4 Å². The summed E-state index contributed by atoms with van der Waals surface area (Å²) in [4.78, 5) is 13.0. The molecule has 0 bridgehead atoms. The molecule has 0 amide bonds. The van der Waals surface area contributed by atoms with Gasteiger partial charge >= 0.3 is 0 Å². The zero-order valence-electron chi connectivity index (χ0n) is 20.0. The SMILES string of the molecule is c1cncc(-c2cccc(-n3c4ccc(-c5cccnc5)cc4c4cc(-c5cccnc5)ccc43)c2)c1. The second kappa shape index (κ2) is 8.85. The molecule has 37 heavy (non-hydrogen) atoms. The van der Waals surface area contributed by atoms with Gasteiger partial charge in [0.25, 0.3) is 0 Å². The number of hydrogen-bond donors (Lipinski definition) is 0. The summed E-state index contributed by atoms with van der Waals surface area (Å²) in [5.74, 6) is 0. The van der Waals surface area contributed by atoms with Gasteiger partial charge in [0.1, 0.15) is 0 Å². The maximum absolute atomic E-state index is 4.33. The lowest BCUT2D eigenvalue weighted by atomic mass is 10.0. The lowest BCUT2D eigenvalue weighted by Crippen LogP contribution is -1.94. The molecule has 0 saturated heterocycles. The lowest BCUT2D eigenvalue weighted by molar-refractivity contribution is 1.18. The summed E-state index contributed by atoms with van der Waals surface area (Å²) in [6, 6.07) is 34.3. The fourth-order valence-corrected chi connectivity index (χ4v) is 5.09. The predicted molar refractivity (Wildman–Crippen MR) is 150 cm³/mol. The van der Waals surface area contributed by atoms with Gasteiger partial charge in [-0.1, -0.05) is 42.5 Å². The summed E-state index contributed by atoms with van der Waals surface area (Å²) in [6.07, 6.45) is 11.2. The first-order valence-corrected chi connectivity index (χ1v) is 12.2. The number of benzene rings is 3. The zero-order chi connectivity index (χ0) is 24.6. The Morgan fingerprint density at radius 2 is 0.865 bits per heavy atom. The zero-order valence-corrected chi connectivity index (χ0v) is 20.0. The van der Waals surface area contributed by atoms with E-state index in [4.69, 9.17) is 0 Å². The van der Waals surface area contributed by atoms with Crippen molar-refractivity contribution in [2.75, 3.05) is 0 Å². The van der Waals surface area contributed by atoms with Crippen molar-refractivity contribution >= 4 is 21.8 Å². The predicted octanol–water partition coefficient (Wildman–Crippen LogP) is 7.97. The van der Waals surface area contributed by atoms with E-state index >= 15 is 0 Å². The van der Waals surface area contributed by atoms with Crippen LogP contribution in [0.25, 0.3) is 60.9 Å². The van der Waals surface area contributed by atoms with Crippen LogP contribution >= 0.6 is 0 Å². The molecule has 4 aromatic heterocycles. The van der Waals surface area contributed by atoms with Gasteiger partial charge in [0.15, 0.2) is 0 Å². The Balaban J connectivity index is 1.50. The van der Waals surface area contributed by atoms with Crippen LogP contribution in [0, 0.1) is 0 Å². The van der Waals surface area contributed by atoms with Gasteiger partial charge in [-0.25, -0.2) is 0 Å². The van der Waals surface area contributed by atoms with Crippen LogP contribution in [0.2, 0.25) is 0 Å². The molecule has 0 aliphatic carbocycles. The van der Waals surface area contributed by atoms with E-state index in [0.29, 0.717) is 0 Å². The van der Waals surface area contributed by atoms with Gasteiger partial charge in [-0.3, -0.25) is 15.0 Å². The van der Waals surface area contributed by atoms with Crippen molar-refractivity contribution in [2.24, 2.45) is 0 Å². The Morgan fingerprint density at radius 1 is 0.405 bits per heavy atom. The molecule has 0 spiro atoms. The summed E-state index contributed by atoms with van der Waals surface area (Å²) in [5, 5.41) is 2.41. The molecule has 0 aliphatic heterocycles. The molecule has 7 aromatic rings.